The van der Waals surface area contributed by atoms with Gasteiger partial charge in [-0.25, -0.2) is 9.48 Å². The predicted molar refractivity (Wildman–Crippen MR) is 112 cm³/mol. The van der Waals surface area contributed by atoms with Crippen LogP contribution in [0.3, 0.4) is 0 Å². The van der Waals surface area contributed by atoms with E-state index < -0.39 is 6.03 Å². The van der Waals surface area contributed by atoms with Crippen molar-refractivity contribution in [1.82, 2.24) is 9.78 Å². The summed E-state index contributed by atoms with van der Waals surface area (Å²) in [6, 6.07) is 14.2. The van der Waals surface area contributed by atoms with Crippen LogP contribution in [0.1, 0.15) is 17.4 Å². The Bertz CT molecular complexity index is 1010. The number of amides is 3. The number of carbonyl (C=O) groups is 3. The van der Waals surface area contributed by atoms with Crippen molar-refractivity contribution < 1.29 is 14.4 Å². The largest absolute Gasteiger partial charge is 0.351 e. The summed E-state index contributed by atoms with van der Waals surface area (Å²) in [5.41, 5.74) is 13.2. The molecule has 0 fully saturated rings. The average molecular weight is 394 g/mol. The molecule has 9 nitrogen and oxygen atoms in total. The average Bonchev–Trinajstić information content (AvgIpc) is 3.12. The predicted octanol–water partition coefficient (Wildman–Crippen LogP) is 2.38. The highest BCUT2D eigenvalue weighted by atomic mass is 16.2. The lowest BCUT2D eigenvalue weighted by molar-refractivity contribution is -0.114. The molecule has 0 aliphatic carbocycles. The lowest BCUT2D eigenvalue weighted by atomic mass is 10.0. The minimum Gasteiger partial charge on any atom is -0.351 e. The maximum Gasteiger partial charge on any atom is 0.316 e. The number of nitrogens with one attached hydrogen (secondary N) is 2. The molecule has 1 aromatic heterocycles. The standard InChI is InChI=1S/C19H17N5O3.CH5N/c1-12(26)21-15-7-5-13(6-8-15)14-3-2-4-16(9-14)24-10-17(22-19(20)27)18(11-25)23-24;1-2/h2-11H,1H3,(H,21,26)(H3,20,22,27);2H2,1H3. The summed E-state index contributed by atoms with van der Waals surface area (Å²) >= 11 is 0. The van der Waals surface area contributed by atoms with Crippen LogP contribution < -0.4 is 22.1 Å². The Hall–Kier alpha value is -3.98. The molecule has 0 aliphatic rings. The maximum absolute atomic E-state index is 11.2. The molecule has 9 heteroatoms. The minimum absolute atomic E-state index is 0.0823. The molecule has 0 bridgehead atoms. The van der Waals surface area contributed by atoms with Gasteiger partial charge in [0.2, 0.25) is 5.91 Å². The zero-order chi connectivity index (χ0) is 21.4. The summed E-state index contributed by atoms with van der Waals surface area (Å²) in [6.07, 6.45) is 2.07. The van der Waals surface area contributed by atoms with Crippen molar-refractivity contribution in [3.8, 4) is 16.8 Å². The van der Waals surface area contributed by atoms with Gasteiger partial charge >= 0.3 is 6.03 Å². The number of nitrogens with two attached hydrogens (primary N) is 2. The third-order valence-corrected chi connectivity index (χ3v) is 3.76. The van der Waals surface area contributed by atoms with Gasteiger partial charge < -0.3 is 22.1 Å². The van der Waals surface area contributed by atoms with Crippen molar-refractivity contribution in [2.75, 3.05) is 17.7 Å². The number of primary amides is 1. The number of benzene rings is 2. The second-order valence-corrected chi connectivity index (χ2v) is 5.79. The van der Waals surface area contributed by atoms with Gasteiger partial charge in [-0.05, 0) is 42.4 Å². The van der Waals surface area contributed by atoms with E-state index in [-0.39, 0.29) is 17.3 Å². The van der Waals surface area contributed by atoms with Crippen LogP contribution in [0.5, 0.6) is 0 Å². The monoisotopic (exact) mass is 394 g/mol. The van der Waals surface area contributed by atoms with Gasteiger partial charge in [0.1, 0.15) is 5.69 Å². The molecule has 1 heterocycles. The lowest BCUT2D eigenvalue weighted by Crippen LogP contribution is -2.19. The molecule has 0 saturated carbocycles. The molecule has 3 aromatic rings. The summed E-state index contributed by atoms with van der Waals surface area (Å²) in [7, 11) is 1.50. The van der Waals surface area contributed by atoms with Gasteiger partial charge in [0.15, 0.2) is 6.29 Å². The van der Waals surface area contributed by atoms with Gasteiger partial charge in [0, 0.05) is 12.6 Å². The van der Waals surface area contributed by atoms with Crippen LogP contribution in [-0.4, -0.2) is 35.1 Å². The van der Waals surface area contributed by atoms with Crippen LogP contribution in [0.2, 0.25) is 0 Å². The first-order chi connectivity index (χ1) is 14.0. The number of hydrogen-bond acceptors (Lipinski definition) is 5. The molecule has 0 spiro atoms. The van der Waals surface area contributed by atoms with Gasteiger partial charge in [0.25, 0.3) is 0 Å². The third kappa shape index (κ3) is 5.50. The molecular weight excluding hydrogens is 372 g/mol. The van der Waals surface area contributed by atoms with Crippen molar-refractivity contribution in [3.63, 3.8) is 0 Å². The summed E-state index contributed by atoms with van der Waals surface area (Å²) in [5, 5.41) is 9.26. The van der Waals surface area contributed by atoms with E-state index in [0.717, 1.165) is 11.1 Å². The fourth-order valence-electron chi connectivity index (χ4n) is 2.61. The van der Waals surface area contributed by atoms with Crippen molar-refractivity contribution in [2.24, 2.45) is 11.5 Å². The van der Waals surface area contributed by atoms with Gasteiger partial charge in [-0.1, -0.05) is 24.3 Å². The highest BCUT2D eigenvalue weighted by Gasteiger charge is 2.11. The molecule has 150 valence electrons. The van der Waals surface area contributed by atoms with Crippen LogP contribution in [-0.2, 0) is 4.79 Å². The second-order valence-electron chi connectivity index (χ2n) is 5.79. The van der Waals surface area contributed by atoms with Gasteiger partial charge in [-0.2, -0.15) is 5.10 Å². The van der Waals surface area contributed by atoms with E-state index in [9.17, 15) is 14.4 Å². The molecule has 0 atom stereocenters. The molecule has 6 N–H and O–H groups in total. The Kier molecular flexibility index (Phi) is 7.21. The number of anilines is 2. The van der Waals surface area contributed by atoms with E-state index in [0.29, 0.717) is 17.7 Å². The third-order valence-electron chi connectivity index (χ3n) is 3.76. The van der Waals surface area contributed by atoms with E-state index in [2.05, 4.69) is 21.5 Å². The van der Waals surface area contributed by atoms with Crippen molar-refractivity contribution in [3.05, 3.63) is 60.4 Å². The molecule has 0 unspecified atom stereocenters. The Morgan fingerprint density at radius 1 is 1.03 bits per heavy atom. The van der Waals surface area contributed by atoms with Crippen molar-refractivity contribution in [1.29, 1.82) is 0 Å². The quantitative estimate of drug-likeness (QED) is 0.491. The van der Waals surface area contributed by atoms with Gasteiger partial charge in [0.05, 0.1) is 17.6 Å². The molecule has 29 heavy (non-hydrogen) atoms. The SMILES string of the molecule is CC(=O)Nc1ccc(-c2cccc(-n3cc(NC(N)=O)c(C=O)n3)c2)cc1.CN. The number of carbonyl (C=O) groups excluding carboxylic acids is 3. The van der Waals surface area contributed by atoms with Crippen LogP contribution in [0.15, 0.2) is 54.7 Å². The first kappa shape index (κ1) is 21.3. The maximum atomic E-state index is 11.2. The summed E-state index contributed by atoms with van der Waals surface area (Å²) < 4.78 is 1.49. The lowest BCUT2D eigenvalue weighted by Gasteiger charge is -2.07. The molecular formula is C20H22N6O3. The summed E-state index contributed by atoms with van der Waals surface area (Å²) in [5.74, 6) is -0.130. The van der Waals surface area contributed by atoms with E-state index >= 15 is 0 Å². The van der Waals surface area contributed by atoms with Gasteiger partial charge in [-0.3, -0.25) is 9.59 Å². The highest BCUT2D eigenvalue weighted by Crippen LogP contribution is 2.24. The Morgan fingerprint density at radius 3 is 2.31 bits per heavy atom. The molecule has 3 rings (SSSR count). The topological polar surface area (TPSA) is 145 Å². The number of hydrogen-bond donors (Lipinski definition) is 4. The smallest absolute Gasteiger partial charge is 0.316 e. The number of nitrogens with zero attached hydrogens (tertiary/aromatic N) is 2. The van der Waals surface area contributed by atoms with Crippen LogP contribution in [0, 0.1) is 0 Å². The number of aldehydes is 1. The second kappa shape index (κ2) is 9.81. The molecule has 0 aliphatic heterocycles. The van der Waals surface area contributed by atoms with Crippen LogP contribution >= 0.6 is 0 Å². The normalized spacial score (nSPS) is 9.76. The van der Waals surface area contributed by atoms with Crippen molar-refractivity contribution >= 4 is 29.6 Å². The van der Waals surface area contributed by atoms with E-state index in [1.807, 2.05) is 48.5 Å². The summed E-state index contributed by atoms with van der Waals surface area (Å²) in [4.78, 5) is 33.3. The first-order valence-corrected chi connectivity index (χ1v) is 8.64. The Morgan fingerprint density at radius 2 is 1.72 bits per heavy atom. The van der Waals surface area contributed by atoms with Crippen LogP contribution in [0.25, 0.3) is 16.8 Å². The molecule has 0 saturated heterocycles. The van der Waals surface area contributed by atoms with E-state index in [1.165, 1.54) is 24.9 Å². The number of aromatic nitrogens is 2. The highest BCUT2D eigenvalue weighted by molar-refractivity contribution is 5.93. The van der Waals surface area contributed by atoms with Crippen LogP contribution in [0.4, 0.5) is 16.2 Å². The molecule has 3 amide bonds. The first-order valence-electron chi connectivity index (χ1n) is 8.64. The number of rotatable bonds is 5. The van der Waals surface area contributed by atoms with Crippen molar-refractivity contribution in [2.45, 2.75) is 6.92 Å². The molecule has 0 radical (unpaired) electrons. The zero-order valence-electron chi connectivity index (χ0n) is 16.0. The van der Waals surface area contributed by atoms with E-state index in [1.54, 1.807) is 0 Å². The molecule has 2 aromatic carbocycles. The summed E-state index contributed by atoms with van der Waals surface area (Å²) in [6.45, 7) is 1.45. The fraction of sp³-hybridized carbons (Fsp3) is 0.100. The van der Waals surface area contributed by atoms with E-state index in [4.69, 9.17) is 5.73 Å². The Labute approximate surface area is 167 Å². The fourth-order valence-corrected chi connectivity index (χ4v) is 2.61. The number of urea groups is 1. The van der Waals surface area contributed by atoms with Gasteiger partial charge in [-0.15, -0.1) is 0 Å². The zero-order valence-corrected chi connectivity index (χ0v) is 16.0. The Balaban J connectivity index is 0.00000145. The minimum atomic E-state index is -0.773.